The Hall–Kier alpha value is -1.50. The number of ether oxygens (including phenoxy) is 2. The van der Waals surface area contributed by atoms with E-state index in [2.05, 4.69) is 4.99 Å². The number of carbonyl (C=O) groups is 1. The summed E-state index contributed by atoms with van der Waals surface area (Å²) in [5.74, 6) is -0.403. The molecule has 1 aromatic heterocycles. The summed E-state index contributed by atoms with van der Waals surface area (Å²) < 4.78 is 12.8. The van der Waals surface area contributed by atoms with Gasteiger partial charge >= 0.3 is 5.91 Å². The molecular weight excluding hydrogens is 335 g/mol. The van der Waals surface area contributed by atoms with Crippen LogP contribution in [0.3, 0.4) is 0 Å². The van der Waals surface area contributed by atoms with Gasteiger partial charge in [-0.05, 0) is 12.1 Å². The summed E-state index contributed by atoms with van der Waals surface area (Å²) in [7, 11) is 1.78. The number of aromatic nitrogens is 1. The topological polar surface area (TPSA) is 52.8 Å². The lowest BCUT2D eigenvalue weighted by Gasteiger charge is -2.12. The fourth-order valence-corrected chi connectivity index (χ4v) is 3.56. The number of thiazole rings is 1. The number of hydrogen-bond donors (Lipinski definition) is 0. The lowest BCUT2D eigenvalue weighted by Crippen LogP contribution is -2.18. The van der Waals surface area contributed by atoms with E-state index >= 15 is 0 Å². The minimum absolute atomic E-state index is 0.0934. The van der Waals surface area contributed by atoms with Crippen molar-refractivity contribution in [1.82, 2.24) is 4.57 Å². The average Bonchev–Trinajstić information content (AvgIpc) is 2.82. The maximum atomic E-state index is 12.1. The van der Waals surface area contributed by atoms with Crippen LogP contribution in [0.2, 0.25) is 10.0 Å². The van der Waals surface area contributed by atoms with Crippen molar-refractivity contribution in [3.8, 4) is 0 Å². The first-order chi connectivity index (χ1) is 10.1. The SMILES string of the molecule is Cn1c(=NC(=O)C2=COCCO2)sc2c(Cl)ccc(Cl)c21. The third-order valence-electron chi connectivity index (χ3n) is 2.91. The van der Waals surface area contributed by atoms with Crippen molar-refractivity contribution in [2.24, 2.45) is 12.0 Å². The van der Waals surface area contributed by atoms with Gasteiger partial charge in [0.25, 0.3) is 0 Å². The van der Waals surface area contributed by atoms with E-state index < -0.39 is 5.91 Å². The van der Waals surface area contributed by atoms with Crippen molar-refractivity contribution >= 4 is 50.7 Å². The second-order valence-corrected chi connectivity index (χ2v) is 6.06. The molecule has 3 rings (SSSR count). The predicted octanol–water partition coefficient (Wildman–Crippen LogP) is 2.86. The molecular formula is C13H10Cl2N2O3S. The summed E-state index contributed by atoms with van der Waals surface area (Å²) in [5.41, 5.74) is 0.746. The van der Waals surface area contributed by atoms with Crippen LogP contribution in [0, 0.1) is 0 Å². The van der Waals surface area contributed by atoms with Gasteiger partial charge in [0.05, 0.1) is 20.3 Å². The molecule has 0 fully saturated rings. The van der Waals surface area contributed by atoms with Crippen molar-refractivity contribution in [3.05, 3.63) is 39.0 Å². The first-order valence-electron chi connectivity index (χ1n) is 6.05. The number of hydrogen-bond acceptors (Lipinski definition) is 4. The summed E-state index contributed by atoms with van der Waals surface area (Å²) in [6, 6.07) is 3.43. The molecule has 0 spiro atoms. The fourth-order valence-electron chi connectivity index (χ4n) is 1.91. The number of halogens is 2. The second-order valence-electron chi connectivity index (χ2n) is 4.27. The van der Waals surface area contributed by atoms with E-state index in [1.807, 2.05) is 0 Å². The van der Waals surface area contributed by atoms with E-state index in [4.69, 9.17) is 32.7 Å². The van der Waals surface area contributed by atoms with Crippen molar-refractivity contribution in [1.29, 1.82) is 0 Å². The van der Waals surface area contributed by atoms with E-state index in [0.29, 0.717) is 28.1 Å². The van der Waals surface area contributed by atoms with Crippen LogP contribution in [0.25, 0.3) is 10.2 Å². The molecule has 0 saturated carbocycles. The van der Waals surface area contributed by atoms with Crippen molar-refractivity contribution in [2.75, 3.05) is 13.2 Å². The van der Waals surface area contributed by atoms with Gasteiger partial charge in [0, 0.05) is 7.05 Å². The highest BCUT2D eigenvalue weighted by Gasteiger charge is 2.16. The average molecular weight is 345 g/mol. The summed E-state index contributed by atoms with van der Waals surface area (Å²) in [6.07, 6.45) is 1.28. The van der Waals surface area contributed by atoms with Gasteiger partial charge < -0.3 is 14.0 Å². The van der Waals surface area contributed by atoms with Crippen molar-refractivity contribution < 1.29 is 14.3 Å². The minimum Gasteiger partial charge on any atom is -0.494 e. The van der Waals surface area contributed by atoms with Crippen LogP contribution in [0.15, 0.2) is 29.1 Å². The molecule has 1 aromatic carbocycles. The maximum Gasteiger partial charge on any atom is 0.317 e. The van der Waals surface area contributed by atoms with Gasteiger partial charge in [0.15, 0.2) is 4.80 Å². The second kappa shape index (κ2) is 5.71. The zero-order chi connectivity index (χ0) is 15.0. The third-order valence-corrected chi connectivity index (χ3v) is 4.80. The first-order valence-corrected chi connectivity index (χ1v) is 7.62. The van der Waals surface area contributed by atoms with E-state index in [0.717, 1.165) is 10.2 Å². The smallest absolute Gasteiger partial charge is 0.317 e. The van der Waals surface area contributed by atoms with Crippen LogP contribution in [0.1, 0.15) is 0 Å². The van der Waals surface area contributed by atoms with Crippen molar-refractivity contribution in [3.63, 3.8) is 0 Å². The van der Waals surface area contributed by atoms with Crippen LogP contribution in [0.4, 0.5) is 0 Å². The van der Waals surface area contributed by atoms with E-state index in [-0.39, 0.29) is 5.76 Å². The maximum absolute atomic E-state index is 12.1. The van der Waals surface area contributed by atoms with Gasteiger partial charge in [0.1, 0.15) is 19.5 Å². The summed E-state index contributed by atoms with van der Waals surface area (Å²) in [6.45, 7) is 0.766. The van der Waals surface area contributed by atoms with E-state index in [1.165, 1.54) is 17.6 Å². The third kappa shape index (κ3) is 2.66. The van der Waals surface area contributed by atoms with Gasteiger partial charge in [-0.25, -0.2) is 0 Å². The van der Waals surface area contributed by atoms with Crippen molar-refractivity contribution in [2.45, 2.75) is 0 Å². The Labute approximate surface area is 134 Å². The zero-order valence-electron chi connectivity index (χ0n) is 10.9. The number of aryl methyl sites for hydroxylation is 1. The Balaban J connectivity index is 2.12. The summed E-state index contributed by atoms with van der Waals surface area (Å²) in [5, 5.41) is 1.12. The number of rotatable bonds is 1. The molecule has 0 N–H and O–H groups in total. The monoisotopic (exact) mass is 344 g/mol. The zero-order valence-corrected chi connectivity index (χ0v) is 13.3. The van der Waals surface area contributed by atoms with Gasteiger partial charge in [-0.3, -0.25) is 4.79 Å². The molecule has 0 radical (unpaired) electrons. The van der Waals surface area contributed by atoms with Crippen LogP contribution in [-0.4, -0.2) is 23.7 Å². The molecule has 5 nitrogen and oxygen atoms in total. The fraction of sp³-hybridized carbons (Fsp3) is 0.231. The number of nitrogens with zero attached hydrogens (tertiary/aromatic N) is 2. The quantitative estimate of drug-likeness (QED) is 0.799. The summed E-state index contributed by atoms with van der Waals surface area (Å²) in [4.78, 5) is 16.6. The molecule has 1 aliphatic heterocycles. The molecule has 110 valence electrons. The molecule has 1 amide bonds. The highest BCUT2D eigenvalue weighted by atomic mass is 35.5. The largest absolute Gasteiger partial charge is 0.494 e. The first kappa shape index (κ1) is 14.4. The predicted molar refractivity (Wildman–Crippen MR) is 81.4 cm³/mol. The molecule has 0 atom stereocenters. The van der Waals surface area contributed by atoms with Crippen LogP contribution in [-0.2, 0) is 21.3 Å². The Kier molecular flexibility index (Phi) is 3.93. The van der Waals surface area contributed by atoms with Crippen LogP contribution >= 0.6 is 34.5 Å². The Bertz CT molecular complexity index is 823. The molecule has 0 saturated heterocycles. The molecule has 0 aliphatic carbocycles. The van der Waals surface area contributed by atoms with E-state index in [9.17, 15) is 4.79 Å². The molecule has 0 bridgehead atoms. The number of fused-ring (bicyclic) bond motifs is 1. The molecule has 0 unspecified atom stereocenters. The highest BCUT2D eigenvalue weighted by Crippen LogP contribution is 2.31. The van der Waals surface area contributed by atoms with Crippen LogP contribution < -0.4 is 4.80 Å². The molecule has 2 heterocycles. The Morgan fingerprint density at radius 3 is 2.76 bits per heavy atom. The number of amides is 1. The normalized spacial score (nSPS) is 15.6. The number of benzene rings is 1. The highest BCUT2D eigenvalue weighted by molar-refractivity contribution is 7.17. The Morgan fingerprint density at radius 1 is 1.33 bits per heavy atom. The minimum atomic E-state index is -0.496. The molecule has 1 aliphatic rings. The Morgan fingerprint density at radius 2 is 2.10 bits per heavy atom. The van der Waals surface area contributed by atoms with E-state index in [1.54, 1.807) is 23.7 Å². The van der Waals surface area contributed by atoms with Gasteiger partial charge in [-0.2, -0.15) is 4.99 Å². The molecule has 2 aromatic rings. The van der Waals surface area contributed by atoms with Crippen LogP contribution in [0.5, 0.6) is 0 Å². The summed E-state index contributed by atoms with van der Waals surface area (Å²) >= 11 is 13.6. The van der Waals surface area contributed by atoms with Gasteiger partial charge in [-0.1, -0.05) is 34.5 Å². The lowest BCUT2D eigenvalue weighted by atomic mass is 10.3. The molecule has 8 heteroatoms. The lowest BCUT2D eigenvalue weighted by molar-refractivity contribution is -0.119. The number of carbonyl (C=O) groups excluding carboxylic acids is 1. The molecule has 21 heavy (non-hydrogen) atoms. The standard InChI is InChI=1S/C13H10Cl2N2O3S/c1-17-10-7(14)2-3-8(15)11(10)21-13(17)16-12(18)9-6-19-4-5-20-9/h2-3,6H,4-5H2,1H3. The van der Waals surface area contributed by atoms with Gasteiger partial charge in [0.2, 0.25) is 5.76 Å². The van der Waals surface area contributed by atoms with Gasteiger partial charge in [-0.15, -0.1) is 0 Å².